The molecule has 0 amide bonds. The Morgan fingerprint density at radius 3 is 2.46 bits per heavy atom. The minimum absolute atomic E-state index is 0.155. The molecule has 1 rings (SSSR count). The van der Waals surface area contributed by atoms with Crippen molar-refractivity contribution in [1.29, 1.82) is 0 Å². The number of aliphatic hydroxyl groups is 1. The van der Waals surface area contributed by atoms with E-state index in [1.165, 1.54) is 5.56 Å². The molecule has 70 valence electrons. The first-order chi connectivity index (χ1) is 6.24. The van der Waals surface area contributed by atoms with Gasteiger partial charge < -0.3 is 5.11 Å². The van der Waals surface area contributed by atoms with Crippen molar-refractivity contribution in [3.05, 3.63) is 48.6 Å². The number of hydrogen-bond donors (Lipinski definition) is 1. The Hall–Kier alpha value is -1.08. The predicted molar refractivity (Wildman–Crippen MR) is 55.5 cm³/mol. The third-order valence-corrected chi connectivity index (χ3v) is 2.24. The van der Waals surface area contributed by atoms with E-state index in [9.17, 15) is 5.11 Å². The second-order valence-electron chi connectivity index (χ2n) is 3.33. The van der Waals surface area contributed by atoms with E-state index < -0.39 is 0 Å². The summed E-state index contributed by atoms with van der Waals surface area (Å²) in [4.78, 5) is 0. The van der Waals surface area contributed by atoms with Crippen LogP contribution >= 0.6 is 0 Å². The van der Waals surface area contributed by atoms with Gasteiger partial charge in [0, 0.05) is 5.92 Å². The van der Waals surface area contributed by atoms with Crippen molar-refractivity contribution in [3.8, 4) is 0 Å². The summed E-state index contributed by atoms with van der Waals surface area (Å²) in [5, 5.41) is 9.40. The van der Waals surface area contributed by atoms with Gasteiger partial charge in [0.15, 0.2) is 0 Å². The molecule has 1 heteroatoms. The molecular weight excluding hydrogens is 160 g/mol. The summed E-state index contributed by atoms with van der Waals surface area (Å²) in [6, 6.07) is 10.2. The van der Waals surface area contributed by atoms with E-state index in [1.807, 2.05) is 24.3 Å². The molecule has 0 saturated carbocycles. The van der Waals surface area contributed by atoms with Crippen LogP contribution in [0.4, 0.5) is 0 Å². The van der Waals surface area contributed by atoms with Crippen LogP contribution in [-0.4, -0.2) is 11.2 Å². The molecule has 0 bridgehead atoms. The van der Waals surface area contributed by atoms with Crippen molar-refractivity contribution >= 4 is 0 Å². The van der Waals surface area contributed by atoms with Crippen molar-refractivity contribution in [2.75, 3.05) is 0 Å². The maximum Gasteiger partial charge on any atom is 0.0577 e. The van der Waals surface area contributed by atoms with Gasteiger partial charge in [0.1, 0.15) is 0 Å². The van der Waals surface area contributed by atoms with Gasteiger partial charge in [-0.1, -0.05) is 36.4 Å². The second-order valence-corrected chi connectivity index (χ2v) is 3.33. The zero-order chi connectivity index (χ0) is 9.68. The highest BCUT2D eigenvalue weighted by Gasteiger charge is 2.10. The highest BCUT2D eigenvalue weighted by atomic mass is 16.3. The zero-order valence-corrected chi connectivity index (χ0v) is 7.98. The number of rotatable bonds is 4. The molecule has 0 aliphatic heterocycles. The SMILES string of the molecule is C=CC(Cc1ccccc1)C(C)O. The van der Waals surface area contributed by atoms with Crippen LogP contribution in [0.2, 0.25) is 0 Å². The molecule has 0 spiro atoms. The summed E-state index contributed by atoms with van der Waals surface area (Å²) in [6.45, 7) is 5.52. The van der Waals surface area contributed by atoms with Crippen LogP contribution < -0.4 is 0 Å². The molecule has 13 heavy (non-hydrogen) atoms. The summed E-state index contributed by atoms with van der Waals surface area (Å²) in [5.41, 5.74) is 1.24. The highest BCUT2D eigenvalue weighted by Crippen LogP contribution is 2.13. The van der Waals surface area contributed by atoms with Crippen LogP contribution in [-0.2, 0) is 6.42 Å². The fourth-order valence-corrected chi connectivity index (χ4v) is 1.34. The lowest BCUT2D eigenvalue weighted by Crippen LogP contribution is -2.16. The Labute approximate surface area is 79.7 Å². The van der Waals surface area contributed by atoms with Crippen molar-refractivity contribution < 1.29 is 5.11 Å². The van der Waals surface area contributed by atoms with E-state index >= 15 is 0 Å². The van der Waals surface area contributed by atoms with E-state index in [1.54, 1.807) is 6.92 Å². The van der Waals surface area contributed by atoms with Gasteiger partial charge in [-0.15, -0.1) is 6.58 Å². The van der Waals surface area contributed by atoms with E-state index in [2.05, 4.69) is 18.7 Å². The molecule has 0 fully saturated rings. The first kappa shape index (κ1) is 10.0. The molecular formula is C12H16O. The van der Waals surface area contributed by atoms with E-state index in [0.717, 1.165) is 6.42 Å². The Morgan fingerprint density at radius 1 is 1.38 bits per heavy atom. The molecule has 2 unspecified atom stereocenters. The van der Waals surface area contributed by atoms with E-state index in [-0.39, 0.29) is 12.0 Å². The molecule has 0 radical (unpaired) electrons. The molecule has 1 nitrogen and oxygen atoms in total. The maximum absolute atomic E-state index is 9.40. The number of benzene rings is 1. The lowest BCUT2D eigenvalue weighted by molar-refractivity contribution is 0.149. The molecule has 0 heterocycles. The summed E-state index contributed by atoms with van der Waals surface area (Å²) >= 11 is 0. The zero-order valence-electron chi connectivity index (χ0n) is 7.98. The van der Waals surface area contributed by atoms with Gasteiger partial charge in [-0.25, -0.2) is 0 Å². The Kier molecular flexibility index (Phi) is 3.71. The van der Waals surface area contributed by atoms with Gasteiger partial charge in [0.25, 0.3) is 0 Å². The van der Waals surface area contributed by atoms with Crippen LogP contribution in [0, 0.1) is 5.92 Å². The molecule has 1 N–H and O–H groups in total. The second kappa shape index (κ2) is 4.83. The third-order valence-electron chi connectivity index (χ3n) is 2.24. The topological polar surface area (TPSA) is 20.2 Å². The van der Waals surface area contributed by atoms with Gasteiger partial charge >= 0.3 is 0 Å². The minimum Gasteiger partial charge on any atom is -0.393 e. The minimum atomic E-state index is -0.322. The van der Waals surface area contributed by atoms with Gasteiger partial charge in [-0.2, -0.15) is 0 Å². The summed E-state index contributed by atoms with van der Waals surface area (Å²) in [5.74, 6) is 0.155. The van der Waals surface area contributed by atoms with Crippen LogP contribution in [0.25, 0.3) is 0 Å². The predicted octanol–water partition coefficient (Wildman–Crippen LogP) is 2.41. The molecule has 0 saturated heterocycles. The molecule has 1 aromatic carbocycles. The maximum atomic E-state index is 9.40. The number of hydrogen-bond acceptors (Lipinski definition) is 1. The van der Waals surface area contributed by atoms with Crippen molar-refractivity contribution in [1.82, 2.24) is 0 Å². The van der Waals surface area contributed by atoms with Crippen LogP contribution in [0.5, 0.6) is 0 Å². The lowest BCUT2D eigenvalue weighted by atomic mass is 9.95. The summed E-state index contributed by atoms with van der Waals surface area (Å²) < 4.78 is 0. The lowest BCUT2D eigenvalue weighted by Gasteiger charge is -2.15. The average molecular weight is 176 g/mol. The largest absolute Gasteiger partial charge is 0.393 e. The Balaban J connectivity index is 2.62. The van der Waals surface area contributed by atoms with Crippen molar-refractivity contribution in [2.24, 2.45) is 5.92 Å². The normalized spacial score (nSPS) is 14.9. The van der Waals surface area contributed by atoms with Crippen molar-refractivity contribution in [3.63, 3.8) is 0 Å². The third kappa shape index (κ3) is 3.03. The standard InChI is InChI=1S/C12H16O/c1-3-12(10(2)13)9-11-7-5-4-6-8-11/h3-8,10,12-13H,1,9H2,2H3. The first-order valence-electron chi connectivity index (χ1n) is 4.58. The van der Waals surface area contributed by atoms with Crippen molar-refractivity contribution in [2.45, 2.75) is 19.4 Å². The quantitative estimate of drug-likeness (QED) is 0.698. The van der Waals surface area contributed by atoms with Crippen LogP contribution in [0.1, 0.15) is 12.5 Å². The fraction of sp³-hybridized carbons (Fsp3) is 0.333. The van der Waals surface area contributed by atoms with Gasteiger partial charge in [0.05, 0.1) is 6.10 Å². The molecule has 0 aliphatic carbocycles. The Morgan fingerprint density at radius 2 is 2.00 bits per heavy atom. The number of aliphatic hydroxyl groups excluding tert-OH is 1. The Bertz CT molecular complexity index is 251. The summed E-state index contributed by atoms with van der Waals surface area (Å²) in [6.07, 6.45) is 2.36. The van der Waals surface area contributed by atoms with Gasteiger partial charge in [0.2, 0.25) is 0 Å². The van der Waals surface area contributed by atoms with Crippen LogP contribution in [0.3, 0.4) is 0 Å². The summed E-state index contributed by atoms with van der Waals surface area (Å²) in [7, 11) is 0. The molecule has 1 aromatic rings. The smallest absolute Gasteiger partial charge is 0.0577 e. The molecule has 0 aromatic heterocycles. The first-order valence-corrected chi connectivity index (χ1v) is 4.58. The van der Waals surface area contributed by atoms with Gasteiger partial charge in [-0.05, 0) is 18.9 Å². The van der Waals surface area contributed by atoms with E-state index in [4.69, 9.17) is 0 Å². The van der Waals surface area contributed by atoms with E-state index in [0.29, 0.717) is 0 Å². The van der Waals surface area contributed by atoms with Gasteiger partial charge in [-0.3, -0.25) is 0 Å². The average Bonchev–Trinajstić information content (AvgIpc) is 2.15. The monoisotopic (exact) mass is 176 g/mol. The molecule has 0 aliphatic rings. The fourth-order valence-electron chi connectivity index (χ4n) is 1.34. The highest BCUT2D eigenvalue weighted by molar-refractivity contribution is 5.16. The van der Waals surface area contributed by atoms with Crippen LogP contribution in [0.15, 0.2) is 43.0 Å². The molecule has 2 atom stereocenters.